The van der Waals surface area contributed by atoms with Crippen molar-refractivity contribution in [2.75, 3.05) is 5.32 Å². The maximum absolute atomic E-state index is 9.95. The van der Waals surface area contributed by atoms with Crippen molar-refractivity contribution in [3.05, 3.63) is 18.1 Å². The van der Waals surface area contributed by atoms with Crippen LogP contribution in [-0.4, -0.2) is 27.2 Å². The van der Waals surface area contributed by atoms with Gasteiger partial charge >= 0.3 is 0 Å². The van der Waals surface area contributed by atoms with Crippen LogP contribution in [0.4, 0.5) is 5.82 Å². The summed E-state index contributed by atoms with van der Waals surface area (Å²) in [5.74, 6) is 1.65. The van der Waals surface area contributed by atoms with Crippen molar-refractivity contribution in [2.45, 2.75) is 64.0 Å². The molecule has 0 aliphatic heterocycles. The summed E-state index contributed by atoms with van der Waals surface area (Å²) in [4.78, 5) is 8.85. The number of rotatable bonds is 2. The first-order chi connectivity index (χ1) is 8.47. The van der Waals surface area contributed by atoms with Crippen molar-refractivity contribution in [2.24, 2.45) is 0 Å². The minimum Gasteiger partial charge on any atom is -0.391 e. The van der Waals surface area contributed by atoms with Gasteiger partial charge in [0.25, 0.3) is 0 Å². The number of hydrogen-bond donors (Lipinski definition) is 2. The smallest absolute Gasteiger partial charge is 0.135 e. The zero-order valence-corrected chi connectivity index (χ0v) is 11.5. The summed E-state index contributed by atoms with van der Waals surface area (Å²) in [6, 6.07) is 2.00. The molecule has 2 N–H and O–H groups in total. The molecule has 18 heavy (non-hydrogen) atoms. The minimum absolute atomic E-state index is 0.0527. The summed E-state index contributed by atoms with van der Waals surface area (Å²) >= 11 is 0. The SMILES string of the molecule is CC(C)(C)c1nccc(N[C@H]2CCCC[C@@H]2O)n1. The molecular weight excluding hydrogens is 226 g/mol. The Labute approximate surface area is 109 Å². The van der Waals surface area contributed by atoms with Crippen molar-refractivity contribution in [3.8, 4) is 0 Å². The normalized spacial score (nSPS) is 24.9. The van der Waals surface area contributed by atoms with E-state index in [0.717, 1.165) is 30.9 Å². The molecule has 0 spiro atoms. The molecule has 0 bridgehead atoms. The van der Waals surface area contributed by atoms with Crippen molar-refractivity contribution < 1.29 is 5.11 Å². The number of nitrogens with zero attached hydrogens (tertiary/aromatic N) is 2. The number of nitrogens with one attached hydrogen (secondary N) is 1. The van der Waals surface area contributed by atoms with Crippen LogP contribution in [0.2, 0.25) is 0 Å². The predicted octanol–water partition coefficient (Wildman–Crippen LogP) is 2.49. The van der Waals surface area contributed by atoms with E-state index >= 15 is 0 Å². The van der Waals surface area contributed by atoms with Crippen LogP contribution in [0.25, 0.3) is 0 Å². The van der Waals surface area contributed by atoms with Gasteiger partial charge in [-0.05, 0) is 18.9 Å². The van der Waals surface area contributed by atoms with Crippen LogP contribution >= 0.6 is 0 Å². The Bertz CT molecular complexity index is 400. The molecular formula is C14H23N3O. The summed E-state index contributed by atoms with van der Waals surface area (Å²) in [7, 11) is 0. The maximum atomic E-state index is 9.95. The molecule has 1 saturated carbocycles. The molecule has 0 amide bonds. The number of anilines is 1. The largest absolute Gasteiger partial charge is 0.391 e. The maximum Gasteiger partial charge on any atom is 0.135 e. The highest BCUT2D eigenvalue weighted by atomic mass is 16.3. The second-order valence-electron chi connectivity index (χ2n) is 6.12. The van der Waals surface area contributed by atoms with Gasteiger partial charge < -0.3 is 10.4 Å². The van der Waals surface area contributed by atoms with Gasteiger partial charge in [0.1, 0.15) is 11.6 Å². The molecule has 1 heterocycles. The van der Waals surface area contributed by atoms with Gasteiger partial charge in [0.05, 0.1) is 12.1 Å². The lowest BCUT2D eigenvalue weighted by molar-refractivity contribution is 0.116. The highest BCUT2D eigenvalue weighted by molar-refractivity contribution is 5.35. The topological polar surface area (TPSA) is 58.0 Å². The van der Waals surface area contributed by atoms with Crippen molar-refractivity contribution in [1.82, 2.24) is 9.97 Å². The van der Waals surface area contributed by atoms with Crippen LogP contribution in [0.5, 0.6) is 0 Å². The molecule has 0 unspecified atom stereocenters. The second kappa shape index (κ2) is 5.22. The van der Waals surface area contributed by atoms with Crippen LogP contribution in [0.3, 0.4) is 0 Å². The number of aromatic nitrogens is 2. The third-order valence-electron chi connectivity index (χ3n) is 3.39. The first-order valence-corrected chi connectivity index (χ1v) is 6.75. The molecule has 1 aliphatic carbocycles. The molecule has 0 radical (unpaired) electrons. The fourth-order valence-electron chi connectivity index (χ4n) is 2.27. The van der Waals surface area contributed by atoms with Gasteiger partial charge in [0.15, 0.2) is 0 Å². The van der Waals surface area contributed by atoms with Crippen LogP contribution in [-0.2, 0) is 5.41 Å². The van der Waals surface area contributed by atoms with E-state index in [1.54, 1.807) is 6.20 Å². The van der Waals surface area contributed by atoms with Gasteiger partial charge in [-0.15, -0.1) is 0 Å². The molecule has 2 atom stereocenters. The Morgan fingerprint density at radius 2 is 2.00 bits per heavy atom. The molecule has 1 fully saturated rings. The van der Waals surface area contributed by atoms with E-state index in [2.05, 4.69) is 36.1 Å². The lowest BCUT2D eigenvalue weighted by Gasteiger charge is -2.29. The molecule has 100 valence electrons. The fourth-order valence-corrected chi connectivity index (χ4v) is 2.27. The Hall–Kier alpha value is -1.16. The van der Waals surface area contributed by atoms with Crippen LogP contribution in [0, 0.1) is 0 Å². The van der Waals surface area contributed by atoms with E-state index in [4.69, 9.17) is 0 Å². The molecule has 4 nitrogen and oxygen atoms in total. The molecule has 0 saturated heterocycles. The molecule has 1 aromatic heterocycles. The van der Waals surface area contributed by atoms with Gasteiger partial charge in [-0.3, -0.25) is 0 Å². The van der Waals surface area contributed by atoms with Gasteiger partial charge in [0, 0.05) is 11.6 Å². The summed E-state index contributed by atoms with van der Waals surface area (Å²) in [6.07, 6.45) is 5.71. The third kappa shape index (κ3) is 3.19. The lowest BCUT2D eigenvalue weighted by atomic mass is 9.92. The van der Waals surface area contributed by atoms with E-state index in [9.17, 15) is 5.11 Å². The Balaban J connectivity index is 2.09. The first kappa shape index (κ1) is 13.3. The van der Waals surface area contributed by atoms with Crippen molar-refractivity contribution >= 4 is 5.82 Å². The second-order valence-corrected chi connectivity index (χ2v) is 6.12. The van der Waals surface area contributed by atoms with Gasteiger partial charge in [-0.25, -0.2) is 9.97 Å². The predicted molar refractivity (Wildman–Crippen MR) is 72.6 cm³/mol. The average molecular weight is 249 g/mol. The van der Waals surface area contributed by atoms with Crippen LogP contribution < -0.4 is 5.32 Å². The number of hydrogen-bond acceptors (Lipinski definition) is 4. The Kier molecular flexibility index (Phi) is 3.85. The average Bonchev–Trinajstić information content (AvgIpc) is 2.31. The van der Waals surface area contributed by atoms with Crippen molar-refractivity contribution in [1.29, 1.82) is 0 Å². The quantitative estimate of drug-likeness (QED) is 0.845. The van der Waals surface area contributed by atoms with Gasteiger partial charge in [0.2, 0.25) is 0 Å². The van der Waals surface area contributed by atoms with Crippen LogP contribution in [0.15, 0.2) is 12.3 Å². The molecule has 1 aliphatic rings. The fraction of sp³-hybridized carbons (Fsp3) is 0.714. The molecule has 1 aromatic rings. The Morgan fingerprint density at radius 1 is 1.28 bits per heavy atom. The monoisotopic (exact) mass is 249 g/mol. The summed E-state index contributed by atoms with van der Waals surface area (Å²) < 4.78 is 0. The van der Waals surface area contributed by atoms with E-state index < -0.39 is 0 Å². The Morgan fingerprint density at radius 3 is 2.67 bits per heavy atom. The van der Waals surface area contributed by atoms with Gasteiger partial charge in [-0.1, -0.05) is 33.6 Å². The first-order valence-electron chi connectivity index (χ1n) is 6.75. The summed E-state index contributed by atoms with van der Waals surface area (Å²) in [6.45, 7) is 6.30. The molecule has 0 aromatic carbocycles. The zero-order valence-electron chi connectivity index (χ0n) is 11.5. The van der Waals surface area contributed by atoms with E-state index in [1.807, 2.05) is 6.07 Å². The summed E-state index contributed by atoms with van der Waals surface area (Å²) in [5, 5.41) is 13.3. The van der Waals surface area contributed by atoms with Crippen molar-refractivity contribution in [3.63, 3.8) is 0 Å². The highest BCUT2D eigenvalue weighted by Crippen LogP contribution is 2.23. The van der Waals surface area contributed by atoms with E-state index in [1.165, 1.54) is 6.42 Å². The van der Waals surface area contributed by atoms with E-state index in [-0.39, 0.29) is 17.6 Å². The van der Waals surface area contributed by atoms with Gasteiger partial charge in [-0.2, -0.15) is 0 Å². The highest BCUT2D eigenvalue weighted by Gasteiger charge is 2.24. The van der Waals surface area contributed by atoms with E-state index in [0.29, 0.717) is 0 Å². The van der Waals surface area contributed by atoms with Crippen LogP contribution in [0.1, 0.15) is 52.3 Å². The molecule has 2 rings (SSSR count). The number of aliphatic hydroxyl groups excluding tert-OH is 1. The summed E-state index contributed by atoms with van der Waals surface area (Å²) in [5.41, 5.74) is -0.0527. The zero-order chi connectivity index (χ0) is 13.2. The lowest BCUT2D eigenvalue weighted by Crippen LogP contribution is -2.36. The standard InChI is InChI=1S/C14H23N3O/c1-14(2,3)13-15-9-8-12(17-13)16-10-6-4-5-7-11(10)18/h8-11,18H,4-7H2,1-3H3,(H,15,16,17)/t10-,11-/m0/s1. The third-order valence-corrected chi connectivity index (χ3v) is 3.39. The molecule has 4 heteroatoms. The minimum atomic E-state index is -0.258. The number of aliphatic hydroxyl groups is 1.